The number of ether oxygens (including phenoxy) is 2. The van der Waals surface area contributed by atoms with Crippen LogP contribution in [0.2, 0.25) is 0 Å². The lowest BCUT2D eigenvalue weighted by Gasteiger charge is -2.41. The van der Waals surface area contributed by atoms with Gasteiger partial charge in [0.15, 0.2) is 6.29 Å². The maximum Gasteiger partial charge on any atom is 0.217 e. The summed E-state index contributed by atoms with van der Waals surface area (Å²) in [5.41, 5.74) is 5.88. The molecule has 0 saturated carbocycles. The van der Waals surface area contributed by atoms with E-state index in [9.17, 15) is 9.90 Å². The average Bonchev–Trinajstić information content (AvgIpc) is 3.32. The van der Waals surface area contributed by atoms with Crippen molar-refractivity contribution in [1.29, 1.82) is 0 Å². The van der Waals surface area contributed by atoms with Crippen molar-refractivity contribution in [1.82, 2.24) is 14.9 Å². The maximum atomic E-state index is 11.3. The molecule has 1 aromatic heterocycles. The average molecular weight is 486 g/mol. The molecule has 4 atom stereocenters. The number of carbonyl (C=O) groups excluding carboxylic acids is 1. The van der Waals surface area contributed by atoms with Crippen LogP contribution in [0.3, 0.4) is 0 Å². The lowest BCUT2D eigenvalue weighted by Crippen LogP contribution is -2.39. The van der Waals surface area contributed by atoms with Crippen molar-refractivity contribution >= 4 is 16.9 Å². The van der Waals surface area contributed by atoms with Gasteiger partial charge in [-0.2, -0.15) is 0 Å². The number of fused-ring (bicyclic) bond motifs is 1. The first-order valence-electron chi connectivity index (χ1n) is 12.3. The van der Waals surface area contributed by atoms with E-state index in [0.717, 1.165) is 33.3 Å². The standard InChI is InChI=1S/C29H31N3O4/c1-19-27(16-32-18-31-25-5-3-4-6-26(25)32)35-29(24-13-7-21(8-14-24)15-30-20(2)34)36-28(19)23-11-9-22(17-33)10-12-23/h3-14,18-19,27-29,33H,15-17H2,1-2H3,(H,30,34). The summed E-state index contributed by atoms with van der Waals surface area (Å²) >= 11 is 0. The minimum Gasteiger partial charge on any atom is -0.392 e. The summed E-state index contributed by atoms with van der Waals surface area (Å²) in [5, 5.41) is 12.3. The molecule has 1 amide bonds. The number of imidazole rings is 1. The quantitative estimate of drug-likeness (QED) is 0.398. The highest BCUT2D eigenvalue weighted by Crippen LogP contribution is 2.42. The van der Waals surface area contributed by atoms with Gasteiger partial charge >= 0.3 is 0 Å². The van der Waals surface area contributed by atoms with E-state index in [1.165, 1.54) is 6.92 Å². The third-order valence-corrected chi connectivity index (χ3v) is 6.82. The second-order valence-electron chi connectivity index (χ2n) is 9.36. The van der Waals surface area contributed by atoms with Crippen LogP contribution in [0, 0.1) is 5.92 Å². The van der Waals surface area contributed by atoms with Crippen LogP contribution >= 0.6 is 0 Å². The Kier molecular flexibility index (Phi) is 7.13. The number of amides is 1. The largest absolute Gasteiger partial charge is 0.392 e. The summed E-state index contributed by atoms with van der Waals surface area (Å²) in [6.45, 7) is 4.80. The molecule has 4 aromatic rings. The molecule has 3 aromatic carbocycles. The molecule has 7 heteroatoms. The van der Waals surface area contributed by atoms with Gasteiger partial charge in [0.25, 0.3) is 0 Å². The number of para-hydroxylation sites is 2. The van der Waals surface area contributed by atoms with Gasteiger partial charge in [-0.15, -0.1) is 0 Å². The topological polar surface area (TPSA) is 85.6 Å². The smallest absolute Gasteiger partial charge is 0.217 e. The van der Waals surface area contributed by atoms with Crippen LogP contribution in [-0.4, -0.2) is 26.7 Å². The maximum absolute atomic E-state index is 11.3. The molecule has 36 heavy (non-hydrogen) atoms. The van der Waals surface area contributed by atoms with Crippen LogP contribution in [0.1, 0.15) is 48.5 Å². The third kappa shape index (κ3) is 5.18. The predicted molar refractivity (Wildman–Crippen MR) is 137 cm³/mol. The number of aromatic nitrogens is 2. The summed E-state index contributed by atoms with van der Waals surface area (Å²) in [7, 11) is 0. The Morgan fingerprint density at radius 3 is 2.39 bits per heavy atom. The molecule has 4 unspecified atom stereocenters. The molecule has 0 radical (unpaired) electrons. The molecule has 2 N–H and O–H groups in total. The number of carbonyl (C=O) groups is 1. The minimum atomic E-state index is -0.543. The summed E-state index contributed by atoms with van der Waals surface area (Å²) in [6.07, 6.45) is 1.02. The molecule has 5 rings (SSSR count). The number of hydrogen-bond donors (Lipinski definition) is 2. The minimum absolute atomic E-state index is 0.00819. The van der Waals surface area contributed by atoms with Crippen LogP contribution in [0.15, 0.2) is 79.1 Å². The Morgan fingerprint density at radius 1 is 0.972 bits per heavy atom. The number of hydrogen-bond acceptors (Lipinski definition) is 5. The van der Waals surface area contributed by atoms with Crippen molar-refractivity contribution in [2.45, 2.75) is 52.0 Å². The first-order valence-corrected chi connectivity index (χ1v) is 12.3. The van der Waals surface area contributed by atoms with Gasteiger partial charge in [0.05, 0.1) is 42.7 Å². The Balaban J connectivity index is 1.43. The molecule has 7 nitrogen and oxygen atoms in total. The van der Waals surface area contributed by atoms with E-state index < -0.39 is 6.29 Å². The van der Waals surface area contributed by atoms with Gasteiger partial charge in [0, 0.05) is 24.9 Å². The Hall–Kier alpha value is -3.52. The van der Waals surface area contributed by atoms with Gasteiger partial charge in [-0.05, 0) is 28.8 Å². The fraction of sp³-hybridized carbons (Fsp3) is 0.310. The summed E-state index contributed by atoms with van der Waals surface area (Å²) < 4.78 is 15.2. The van der Waals surface area contributed by atoms with E-state index in [2.05, 4.69) is 27.9 Å². The van der Waals surface area contributed by atoms with Crippen molar-refractivity contribution in [3.8, 4) is 0 Å². The molecule has 1 fully saturated rings. The van der Waals surface area contributed by atoms with E-state index in [4.69, 9.17) is 9.47 Å². The zero-order valence-electron chi connectivity index (χ0n) is 20.5. The second-order valence-corrected chi connectivity index (χ2v) is 9.36. The number of aliphatic hydroxyl groups is 1. The van der Waals surface area contributed by atoms with Gasteiger partial charge in [-0.1, -0.05) is 67.6 Å². The third-order valence-electron chi connectivity index (χ3n) is 6.82. The predicted octanol–water partition coefficient (Wildman–Crippen LogP) is 4.66. The molecule has 1 aliphatic heterocycles. The van der Waals surface area contributed by atoms with Crippen molar-refractivity contribution < 1.29 is 19.4 Å². The number of aliphatic hydroxyl groups excluding tert-OH is 1. The van der Waals surface area contributed by atoms with Crippen molar-refractivity contribution in [2.75, 3.05) is 0 Å². The first kappa shape index (κ1) is 24.2. The summed E-state index contributed by atoms with van der Waals surface area (Å²) in [5.74, 6) is 0.0124. The van der Waals surface area contributed by atoms with Crippen LogP contribution < -0.4 is 5.32 Å². The molecule has 0 bridgehead atoms. The van der Waals surface area contributed by atoms with E-state index in [1.54, 1.807) is 0 Å². The van der Waals surface area contributed by atoms with Gasteiger partial charge in [0.2, 0.25) is 5.91 Å². The van der Waals surface area contributed by atoms with Crippen LogP contribution in [0.5, 0.6) is 0 Å². The summed E-state index contributed by atoms with van der Waals surface area (Å²) in [6, 6.07) is 24.0. The number of rotatable bonds is 7. The number of benzene rings is 3. The molecule has 0 aliphatic carbocycles. The molecular formula is C29H31N3O4. The summed E-state index contributed by atoms with van der Waals surface area (Å²) in [4.78, 5) is 15.8. The number of nitrogens with one attached hydrogen (secondary N) is 1. The highest BCUT2D eigenvalue weighted by atomic mass is 16.7. The van der Waals surface area contributed by atoms with Gasteiger partial charge < -0.3 is 24.5 Å². The van der Waals surface area contributed by atoms with Crippen molar-refractivity contribution in [3.05, 3.63) is 101 Å². The van der Waals surface area contributed by atoms with Crippen LogP contribution in [-0.2, 0) is 34.0 Å². The van der Waals surface area contributed by atoms with Crippen LogP contribution in [0.25, 0.3) is 11.0 Å². The second kappa shape index (κ2) is 10.6. The van der Waals surface area contributed by atoms with Crippen molar-refractivity contribution in [3.63, 3.8) is 0 Å². The highest BCUT2D eigenvalue weighted by molar-refractivity contribution is 5.75. The molecule has 186 valence electrons. The fourth-order valence-corrected chi connectivity index (χ4v) is 4.70. The zero-order valence-corrected chi connectivity index (χ0v) is 20.5. The lowest BCUT2D eigenvalue weighted by molar-refractivity contribution is -0.276. The van der Waals surface area contributed by atoms with Crippen LogP contribution in [0.4, 0.5) is 0 Å². The normalized spacial score (nSPS) is 22.0. The fourth-order valence-electron chi connectivity index (χ4n) is 4.70. The first-order chi connectivity index (χ1) is 17.5. The van der Waals surface area contributed by atoms with E-state index in [0.29, 0.717) is 13.1 Å². The monoisotopic (exact) mass is 485 g/mol. The molecule has 2 heterocycles. The Bertz CT molecular complexity index is 1320. The highest BCUT2D eigenvalue weighted by Gasteiger charge is 2.38. The van der Waals surface area contributed by atoms with Gasteiger partial charge in [0.1, 0.15) is 0 Å². The Labute approximate surface area is 210 Å². The van der Waals surface area contributed by atoms with Crippen molar-refractivity contribution in [2.24, 2.45) is 5.92 Å². The number of nitrogens with zero attached hydrogens (tertiary/aromatic N) is 2. The molecule has 0 spiro atoms. The van der Waals surface area contributed by atoms with E-state index in [-0.39, 0.29) is 30.6 Å². The van der Waals surface area contributed by atoms with Gasteiger partial charge in [-0.3, -0.25) is 4.79 Å². The SMILES string of the molecule is CC(=O)NCc1ccc(C2OC(Cn3cnc4ccccc43)C(C)C(c3ccc(CO)cc3)O2)cc1. The molecule has 1 aliphatic rings. The molecular weight excluding hydrogens is 454 g/mol. The lowest BCUT2D eigenvalue weighted by atomic mass is 9.90. The molecule has 1 saturated heterocycles. The zero-order chi connectivity index (χ0) is 25.1. The Morgan fingerprint density at radius 2 is 1.67 bits per heavy atom. The van der Waals surface area contributed by atoms with E-state index in [1.807, 2.05) is 73.1 Å². The van der Waals surface area contributed by atoms with Gasteiger partial charge in [-0.25, -0.2) is 4.98 Å². The van der Waals surface area contributed by atoms with E-state index >= 15 is 0 Å².